The zero-order valence-corrected chi connectivity index (χ0v) is 15.1. The van der Waals surface area contributed by atoms with Crippen molar-refractivity contribution in [1.29, 1.82) is 0 Å². The van der Waals surface area contributed by atoms with Crippen molar-refractivity contribution in [2.75, 3.05) is 18.1 Å². The number of carbonyl (C=O) groups is 1. The van der Waals surface area contributed by atoms with Crippen molar-refractivity contribution in [3.05, 3.63) is 64.9 Å². The van der Waals surface area contributed by atoms with Gasteiger partial charge in [0.1, 0.15) is 5.82 Å². The van der Waals surface area contributed by atoms with Crippen molar-refractivity contribution in [3.8, 4) is 0 Å². The minimum Gasteiger partial charge on any atom is -0.326 e. The largest absolute Gasteiger partial charge is 0.326 e. The molecule has 2 aromatic carbocycles. The molecule has 0 bridgehead atoms. The number of benzene rings is 2. The number of anilines is 1. The normalized spacial score (nSPS) is 11.5. The zero-order valence-electron chi connectivity index (χ0n) is 13.6. The minimum absolute atomic E-state index is 0.0328. The fourth-order valence-electron chi connectivity index (χ4n) is 2.17. The van der Waals surface area contributed by atoms with E-state index in [1.54, 1.807) is 0 Å². The monoisotopic (exact) mass is 384 g/mol. The van der Waals surface area contributed by atoms with E-state index in [4.69, 9.17) is 11.6 Å². The Balaban J connectivity index is 1.97. The first-order valence-corrected chi connectivity index (χ1v) is 9.72. The Morgan fingerprint density at radius 1 is 1.20 bits per heavy atom. The van der Waals surface area contributed by atoms with Crippen molar-refractivity contribution >= 4 is 33.2 Å². The van der Waals surface area contributed by atoms with Crippen molar-refractivity contribution in [3.63, 3.8) is 0 Å². The predicted octanol–water partition coefficient (Wildman–Crippen LogP) is 3.27. The van der Waals surface area contributed by atoms with Crippen LogP contribution >= 0.6 is 11.6 Å². The first-order chi connectivity index (χ1) is 11.8. The van der Waals surface area contributed by atoms with Gasteiger partial charge in [0.2, 0.25) is 15.9 Å². The van der Waals surface area contributed by atoms with Crippen LogP contribution in [0, 0.1) is 5.82 Å². The lowest BCUT2D eigenvalue weighted by Gasteiger charge is -2.19. The molecule has 5 nitrogen and oxygen atoms in total. The van der Waals surface area contributed by atoms with Gasteiger partial charge in [0.15, 0.2) is 0 Å². The van der Waals surface area contributed by atoms with Crippen molar-refractivity contribution < 1.29 is 17.6 Å². The Hall–Kier alpha value is -1.96. The summed E-state index contributed by atoms with van der Waals surface area (Å²) in [5.41, 5.74) is 1.18. The van der Waals surface area contributed by atoms with Gasteiger partial charge in [-0.05, 0) is 23.8 Å². The number of carbonyl (C=O) groups excluding carboxylic acids is 1. The average molecular weight is 385 g/mol. The minimum atomic E-state index is -3.46. The first kappa shape index (κ1) is 19.4. The Kier molecular flexibility index (Phi) is 6.52. The molecule has 0 radical (unpaired) electrons. The van der Waals surface area contributed by atoms with Gasteiger partial charge in [0, 0.05) is 25.2 Å². The second kappa shape index (κ2) is 8.42. The highest BCUT2D eigenvalue weighted by molar-refractivity contribution is 7.88. The Morgan fingerprint density at radius 3 is 2.48 bits per heavy atom. The average Bonchev–Trinajstić information content (AvgIpc) is 2.55. The van der Waals surface area contributed by atoms with Crippen LogP contribution in [0.4, 0.5) is 10.1 Å². The fourth-order valence-corrected chi connectivity index (χ4v) is 3.16. The summed E-state index contributed by atoms with van der Waals surface area (Å²) in [7, 11) is -3.46. The molecule has 0 unspecified atom stereocenters. The highest BCUT2D eigenvalue weighted by atomic mass is 35.5. The molecule has 0 spiro atoms. The van der Waals surface area contributed by atoms with E-state index in [0.29, 0.717) is 5.69 Å². The van der Waals surface area contributed by atoms with Gasteiger partial charge in [0.05, 0.1) is 11.3 Å². The summed E-state index contributed by atoms with van der Waals surface area (Å²) < 4.78 is 38.2. The number of hydrogen-bond acceptors (Lipinski definition) is 3. The number of amides is 1. The molecular formula is C17H18ClFN2O3S. The lowest BCUT2D eigenvalue weighted by Crippen LogP contribution is -2.32. The van der Waals surface area contributed by atoms with Gasteiger partial charge in [-0.15, -0.1) is 0 Å². The number of halogens is 2. The van der Waals surface area contributed by atoms with Gasteiger partial charge < -0.3 is 5.32 Å². The fraction of sp³-hybridized carbons (Fsp3) is 0.235. The van der Waals surface area contributed by atoms with Crippen LogP contribution in [0.25, 0.3) is 0 Å². The van der Waals surface area contributed by atoms with Crippen molar-refractivity contribution in [2.24, 2.45) is 0 Å². The molecule has 0 fully saturated rings. The van der Waals surface area contributed by atoms with E-state index >= 15 is 0 Å². The molecule has 0 aliphatic heterocycles. The summed E-state index contributed by atoms with van der Waals surface area (Å²) in [4.78, 5) is 12.0. The van der Waals surface area contributed by atoms with Gasteiger partial charge in [-0.2, -0.15) is 4.31 Å². The van der Waals surface area contributed by atoms with E-state index in [1.165, 1.54) is 16.4 Å². The Morgan fingerprint density at radius 2 is 1.88 bits per heavy atom. The van der Waals surface area contributed by atoms with Crippen LogP contribution < -0.4 is 5.32 Å². The second-order valence-corrected chi connectivity index (χ2v) is 7.90. The molecule has 0 aliphatic rings. The Labute approximate surface area is 151 Å². The molecular weight excluding hydrogens is 367 g/mol. The topological polar surface area (TPSA) is 66.5 Å². The van der Waals surface area contributed by atoms with Crippen molar-refractivity contribution in [1.82, 2.24) is 4.31 Å². The summed E-state index contributed by atoms with van der Waals surface area (Å²) in [6.07, 6.45) is 1.07. The zero-order chi connectivity index (χ0) is 18.4. The van der Waals surface area contributed by atoms with Crippen LogP contribution in [0.1, 0.15) is 12.0 Å². The summed E-state index contributed by atoms with van der Waals surface area (Å²) in [5, 5.41) is 2.47. The molecule has 134 valence electrons. The van der Waals surface area contributed by atoms with Gasteiger partial charge in [-0.25, -0.2) is 12.8 Å². The molecule has 0 aliphatic carbocycles. The third-order valence-electron chi connectivity index (χ3n) is 3.46. The molecule has 2 rings (SSSR count). The predicted molar refractivity (Wildman–Crippen MR) is 96.4 cm³/mol. The van der Waals surface area contributed by atoms with E-state index < -0.39 is 15.8 Å². The number of sulfonamides is 1. The number of nitrogens with zero attached hydrogens (tertiary/aromatic N) is 1. The highest BCUT2D eigenvalue weighted by Crippen LogP contribution is 2.19. The van der Waals surface area contributed by atoms with Crippen LogP contribution in [0.15, 0.2) is 48.5 Å². The Bertz CT molecular complexity index is 844. The van der Waals surface area contributed by atoms with E-state index in [1.807, 2.05) is 30.3 Å². The second-order valence-electron chi connectivity index (χ2n) is 5.51. The number of rotatable bonds is 7. The van der Waals surface area contributed by atoms with E-state index in [-0.39, 0.29) is 30.4 Å². The van der Waals surface area contributed by atoms with Crippen LogP contribution in [0.5, 0.6) is 0 Å². The highest BCUT2D eigenvalue weighted by Gasteiger charge is 2.18. The molecule has 1 N–H and O–H groups in total. The molecule has 0 heterocycles. The summed E-state index contributed by atoms with van der Waals surface area (Å²) >= 11 is 5.66. The van der Waals surface area contributed by atoms with E-state index in [0.717, 1.165) is 17.9 Å². The smallest absolute Gasteiger partial charge is 0.225 e. The van der Waals surface area contributed by atoms with Crippen LogP contribution in [-0.4, -0.2) is 31.4 Å². The molecule has 0 atom stereocenters. The van der Waals surface area contributed by atoms with Gasteiger partial charge in [-0.3, -0.25) is 4.79 Å². The van der Waals surface area contributed by atoms with Crippen LogP contribution in [-0.2, 0) is 21.4 Å². The molecule has 8 heteroatoms. The quantitative estimate of drug-likeness (QED) is 0.796. The molecule has 25 heavy (non-hydrogen) atoms. The third-order valence-corrected chi connectivity index (χ3v) is 5.00. The van der Waals surface area contributed by atoms with Gasteiger partial charge >= 0.3 is 0 Å². The van der Waals surface area contributed by atoms with Crippen molar-refractivity contribution in [2.45, 2.75) is 13.0 Å². The summed E-state index contributed by atoms with van der Waals surface area (Å²) in [6.45, 7) is 0.226. The lowest BCUT2D eigenvalue weighted by atomic mass is 10.2. The SMILES string of the molecule is CS(=O)(=O)N(CCC(=O)Nc1ccc(F)c(Cl)c1)Cc1ccccc1. The summed E-state index contributed by atoms with van der Waals surface area (Å²) in [5.74, 6) is -0.963. The maximum absolute atomic E-state index is 13.1. The molecule has 0 saturated carbocycles. The standard InChI is InChI=1S/C17H18ClFN2O3S/c1-25(23,24)21(12-13-5-3-2-4-6-13)10-9-17(22)20-14-7-8-16(19)15(18)11-14/h2-8,11H,9-10,12H2,1H3,(H,20,22). The van der Waals surface area contributed by atoms with Gasteiger partial charge in [0.25, 0.3) is 0 Å². The van der Waals surface area contributed by atoms with Crippen LogP contribution in [0.3, 0.4) is 0 Å². The molecule has 0 aromatic heterocycles. The van der Waals surface area contributed by atoms with Crippen LogP contribution in [0.2, 0.25) is 5.02 Å². The summed E-state index contributed by atoms with van der Waals surface area (Å²) in [6, 6.07) is 13.0. The molecule has 2 aromatic rings. The maximum atomic E-state index is 13.1. The molecule has 0 saturated heterocycles. The molecule has 1 amide bonds. The third kappa shape index (κ3) is 6.12. The first-order valence-electron chi connectivity index (χ1n) is 7.49. The number of hydrogen-bond donors (Lipinski definition) is 1. The van der Waals surface area contributed by atoms with E-state index in [2.05, 4.69) is 5.32 Å². The lowest BCUT2D eigenvalue weighted by molar-refractivity contribution is -0.116. The maximum Gasteiger partial charge on any atom is 0.225 e. The number of nitrogens with one attached hydrogen (secondary N) is 1. The van der Waals surface area contributed by atoms with E-state index in [9.17, 15) is 17.6 Å². The van der Waals surface area contributed by atoms with Gasteiger partial charge in [-0.1, -0.05) is 41.9 Å².